The van der Waals surface area contributed by atoms with E-state index in [1.165, 1.54) is 29.7 Å². The molecule has 0 saturated carbocycles. The lowest BCUT2D eigenvalue weighted by Gasteiger charge is -2.06. The third-order valence-electron chi connectivity index (χ3n) is 3.13. The van der Waals surface area contributed by atoms with E-state index in [0.29, 0.717) is 5.82 Å². The quantitative estimate of drug-likeness (QED) is 0.532. The number of hydrogen-bond donors (Lipinski definition) is 0. The second kappa shape index (κ2) is 4.58. The van der Waals surface area contributed by atoms with Crippen molar-refractivity contribution in [3.05, 3.63) is 52.0 Å². The molecule has 0 aliphatic carbocycles. The van der Waals surface area contributed by atoms with Gasteiger partial charge in [-0.05, 0) is 22.0 Å². The summed E-state index contributed by atoms with van der Waals surface area (Å²) in [6.07, 6.45) is -3.10. The van der Waals surface area contributed by atoms with Crippen LogP contribution >= 0.6 is 0 Å². The van der Waals surface area contributed by atoms with Crippen LogP contribution in [0.2, 0.25) is 0 Å². The summed E-state index contributed by atoms with van der Waals surface area (Å²) in [6.45, 7) is 1.53. The van der Waals surface area contributed by atoms with Crippen molar-refractivity contribution in [3.63, 3.8) is 0 Å². The second-order valence-corrected chi connectivity index (χ2v) is 4.59. The number of nitro groups is 1. The molecule has 0 aliphatic rings. The Morgan fingerprint density at radius 3 is 2.73 bits per heavy atom. The van der Waals surface area contributed by atoms with Crippen molar-refractivity contribution >= 4 is 11.5 Å². The molecule has 0 saturated heterocycles. The highest BCUT2D eigenvalue weighted by molar-refractivity contribution is 5.64. The van der Waals surface area contributed by atoms with Gasteiger partial charge in [-0.25, -0.2) is 4.40 Å². The predicted octanol–water partition coefficient (Wildman–Crippen LogP) is 3.83. The molecular weight excluding hydrogens is 303 g/mol. The number of hydrogen-bond acceptors (Lipinski definition) is 4. The molecule has 0 fully saturated rings. The largest absolute Gasteiger partial charge is 0.431 e. The minimum absolute atomic E-state index is 0.0923. The number of aryl methyl sites for hydroxylation is 1. The van der Waals surface area contributed by atoms with E-state index in [2.05, 4.69) is 4.98 Å². The van der Waals surface area contributed by atoms with Gasteiger partial charge in [0, 0.05) is 12.5 Å². The van der Waals surface area contributed by atoms with Crippen LogP contribution in [-0.2, 0) is 6.18 Å². The number of fused-ring (bicyclic) bond motifs is 1. The monoisotopic (exact) mass is 311 g/mol. The Labute approximate surface area is 121 Å². The van der Waals surface area contributed by atoms with Crippen LogP contribution in [-0.4, -0.2) is 14.3 Å². The molecule has 0 spiro atoms. The summed E-state index contributed by atoms with van der Waals surface area (Å²) < 4.78 is 44.8. The summed E-state index contributed by atoms with van der Waals surface area (Å²) in [5.41, 5.74) is -0.766. The van der Waals surface area contributed by atoms with Gasteiger partial charge in [-0.15, -0.1) is 0 Å². The lowest BCUT2D eigenvalue weighted by atomic mass is 10.1. The fourth-order valence-electron chi connectivity index (χ4n) is 2.11. The minimum atomic E-state index is -4.48. The van der Waals surface area contributed by atoms with Crippen molar-refractivity contribution in [3.8, 4) is 11.3 Å². The molecule has 0 amide bonds. The van der Waals surface area contributed by atoms with E-state index >= 15 is 0 Å². The van der Waals surface area contributed by atoms with Gasteiger partial charge < -0.3 is 14.5 Å². The number of alkyl halides is 3. The average molecular weight is 311 g/mol. The van der Waals surface area contributed by atoms with Gasteiger partial charge in [-0.1, -0.05) is 12.1 Å². The lowest BCUT2D eigenvalue weighted by Crippen LogP contribution is -2.04. The van der Waals surface area contributed by atoms with Gasteiger partial charge in [0.25, 0.3) is 0 Å². The van der Waals surface area contributed by atoms with Crippen molar-refractivity contribution in [2.24, 2.45) is 0 Å². The van der Waals surface area contributed by atoms with Gasteiger partial charge >= 0.3 is 17.7 Å². The Morgan fingerprint density at radius 1 is 1.36 bits per heavy atom. The van der Waals surface area contributed by atoms with Crippen molar-refractivity contribution in [2.45, 2.75) is 13.1 Å². The number of oxazole rings is 1. The van der Waals surface area contributed by atoms with Crippen LogP contribution in [0.25, 0.3) is 17.0 Å². The second-order valence-electron chi connectivity index (χ2n) is 4.59. The number of benzene rings is 1. The Kier molecular flexibility index (Phi) is 2.94. The molecule has 2 aromatic heterocycles. The zero-order valence-electron chi connectivity index (χ0n) is 11.1. The maximum atomic E-state index is 12.7. The van der Waals surface area contributed by atoms with E-state index in [4.69, 9.17) is 4.42 Å². The summed E-state index contributed by atoms with van der Waals surface area (Å²) >= 11 is 0. The molecule has 2 heterocycles. The van der Waals surface area contributed by atoms with E-state index in [0.717, 1.165) is 12.1 Å². The van der Waals surface area contributed by atoms with E-state index < -0.39 is 22.5 Å². The van der Waals surface area contributed by atoms with Crippen molar-refractivity contribution in [1.29, 1.82) is 0 Å². The van der Waals surface area contributed by atoms with E-state index in [-0.39, 0.29) is 17.0 Å². The van der Waals surface area contributed by atoms with Gasteiger partial charge in [0.1, 0.15) is 0 Å². The maximum Gasteiger partial charge on any atom is 0.427 e. The van der Waals surface area contributed by atoms with Crippen molar-refractivity contribution in [1.82, 2.24) is 9.38 Å². The molecule has 114 valence electrons. The molecule has 0 unspecified atom stereocenters. The summed E-state index contributed by atoms with van der Waals surface area (Å²) in [5, 5.41) is 10.9. The van der Waals surface area contributed by atoms with Crippen LogP contribution in [0, 0.1) is 17.0 Å². The lowest BCUT2D eigenvalue weighted by molar-refractivity contribution is -0.388. The molecule has 3 aromatic rings. The van der Waals surface area contributed by atoms with Gasteiger partial charge in [0.05, 0.1) is 11.8 Å². The number of halogens is 3. The van der Waals surface area contributed by atoms with Gasteiger partial charge in [0.15, 0.2) is 5.76 Å². The first-order valence-electron chi connectivity index (χ1n) is 6.08. The van der Waals surface area contributed by atoms with Crippen LogP contribution in [0.3, 0.4) is 0 Å². The molecule has 0 aliphatic heterocycles. The third-order valence-corrected chi connectivity index (χ3v) is 3.13. The standard InChI is InChI=1S/C13H8F3N3O3/c1-7-17-11(19(20)21)12-18(7)6-10(22-12)8-3-2-4-9(5-8)13(14,15)16/h2-6H,1H3. The van der Waals surface area contributed by atoms with Crippen LogP contribution in [0.4, 0.5) is 19.0 Å². The first-order chi connectivity index (χ1) is 10.3. The Bertz CT molecular complexity index is 880. The molecule has 6 nitrogen and oxygen atoms in total. The number of rotatable bonds is 2. The molecule has 3 rings (SSSR count). The molecule has 0 N–H and O–H groups in total. The molecule has 0 radical (unpaired) electrons. The molecule has 22 heavy (non-hydrogen) atoms. The van der Waals surface area contributed by atoms with Crippen molar-refractivity contribution in [2.75, 3.05) is 0 Å². The third kappa shape index (κ3) is 2.20. The zero-order chi connectivity index (χ0) is 16.1. The number of imidazole rings is 1. The molecule has 0 bridgehead atoms. The summed E-state index contributed by atoms with van der Waals surface area (Å²) in [6, 6.07) is 4.54. The van der Waals surface area contributed by atoms with Gasteiger partial charge in [-0.2, -0.15) is 13.2 Å². The molecule has 0 atom stereocenters. The summed E-state index contributed by atoms with van der Waals surface area (Å²) in [5.74, 6) is -0.0749. The van der Waals surface area contributed by atoms with E-state index in [9.17, 15) is 23.3 Å². The Balaban J connectivity index is 2.15. The molecule has 9 heteroatoms. The zero-order valence-corrected chi connectivity index (χ0v) is 11.1. The number of nitrogens with zero attached hydrogens (tertiary/aromatic N) is 3. The fraction of sp³-hybridized carbons (Fsp3) is 0.154. The number of aromatic nitrogens is 2. The fourth-order valence-corrected chi connectivity index (χ4v) is 2.11. The average Bonchev–Trinajstić information content (AvgIpc) is 2.99. The van der Waals surface area contributed by atoms with Gasteiger partial charge in [-0.3, -0.25) is 0 Å². The van der Waals surface area contributed by atoms with Crippen LogP contribution in [0.5, 0.6) is 0 Å². The normalized spacial score (nSPS) is 12.0. The van der Waals surface area contributed by atoms with Crippen molar-refractivity contribution < 1.29 is 22.5 Å². The Hall–Kier alpha value is -2.84. The minimum Gasteiger partial charge on any atom is -0.431 e. The van der Waals surface area contributed by atoms with E-state index in [1.807, 2.05) is 0 Å². The van der Waals surface area contributed by atoms with Gasteiger partial charge in [0.2, 0.25) is 5.82 Å². The van der Waals surface area contributed by atoms with Crippen LogP contribution in [0.15, 0.2) is 34.9 Å². The highest BCUT2D eigenvalue weighted by Gasteiger charge is 2.31. The smallest absolute Gasteiger partial charge is 0.427 e. The topological polar surface area (TPSA) is 73.6 Å². The highest BCUT2D eigenvalue weighted by Crippen LogP contribution is 2.34. The summed E-state index contributed by atoms with van der Waals surface area (Å²) in [7, 11) is 0. The summed E-state index contributed by atoms with van der Waals surface area (Å²) in [4.78, 5) is 13.9. The predicted molar refractivity (Wildman–Crippen MR) is 69.3 cm³/mol. The highest BCUT2D eigenvalue weighted by atomic mass is 19.4. The SMILES string of the molecule is Cc1nc([N+](=O)[O-])c2oc(-c3cccc(C(F)(F)F)c3)cn12. The first-order valence-corrected chi connectivity index (χ1v) is 6.08. The molecule has 1 aromatic carbocycles. The first kappa shape index (κ1) is 14.1. The van der Waals surface area contributed by atoms with Crippen LogP contribution < -0.4 is 0 Å². The Morgan fingerprint density at radius 2 is 2.09 bits per heavy atom. The van der Waals surface area contributed by atoms with E-state index in [1.54, 1.807) is 0 Å². The maximum absolute atomic E-state index is 12.7. The van der Waals surface area contributed by atoms with Crippen LogP contribution in [0.1, 0.15) is 11.4 Å². The molecular formula is C13H8F3N3O3.